The first-order chi connectivity index (χ1) is 14.2. The summed E-state index contributed by atoms with van der Waals surface area (Å²) in [7, 11) is 1.60. The van der Waals surface area contributed by atoms with Crippen molar-refractivity contribution >= 4 is 28.1 Å². The largest absolute Gasteiger partial charge is 0.497 e. The molecule has 29 heavy (non-hydrogen) atoms. The van der Waals surface area contributed by atoms with Crippen molar-refractivity contribution in [2.45, 2.75) is 38.1 Å². The molecule has 1 heterocycles. The topological polar surface area (TPSA) is 76.1 Å². The van der Waals surface area contributed by atoms with Gasteiger partial charge in [-0.25, -0.2) is 0 Å². The summed E-state index contributed by atoms with van der Waals surface area (Å²) >= 11 is 1.57. The van der Waals surface area contributed by atoms with Gasteiger partial charge in [-0.05, 0) is 61.4 Å². The number of benzene rings is 2. The molecule has 1 aromatic heterocycles. The molecule has 6 nitrogen and oxygen atoms in total. The van der Waals surface area contributed by atoms with Gasteiger partial charge in [0.25, 0.3) is 5.91 Å². The summed E-state index contributed by atoms with van der Waals surface area (Å²) in [6.45, 7) is 0. The summed E-state index contributed by atoms with van der Waals surface area (Å²) in [6.07, 6.45) is 6.32. The van der Waals surface area contributed by atoms with E-state index in [0.717, 1.165) is 27.1 Å². The second-order valence-electron chi connectivity index (χ2n) is 7.15. The van der Waals surface area contributed by atoms with E-state index in [9.17, 15) is 4.79 Å². The lowest BCUT2D eigenvalue weighted by atomic mass is 9.96. The van der Waals surface area contributed by atoms with E-state index in [1.54, 1.807) is 42.7 Å². The third-order valence-electron chi connectivity index (χ3n) is 5.10. The molecular formula is C22H24N4O2S. The van der Waals surface area contributed by atoms with Crippen LogP contribution in [0, 0.1) is 0 Å². The molecule has 0 saturated heterocycles. The minimum Gasteiger partial charge on any atom is -0.497 e. The summed E-state index contributed by atoms with van der Waals surface area (Å²) < 4.78 is 5.12. The molecule has 1 fully saturated rings. The van der Waals surface area contributed by atoms with E-state index in [4.69, 9.17) is 4.74 Å². The van der Waals surface area contributed by atoms with E-state index in [1.165, 1.54) is 32.1 Å². The minimum atomic E-state index is -0.157. The van der Waals surface area contributed by atoms with Crippen LogP contribution in [0.2, 0.25) is 0 Å². The molecule has 150 valence electrons. The first-order valence-corrected chi connectivity index (χ1v) is 10.7. The lowest BCUT2D eigenvalue weighted by Gasteiger charge is -2.21. The molecule has 2 aromatic carbocycles. The number of amides is 1. The number of methoxy groups -OCH3 is 1. The molecule has 1 aliphatic rings. The Morgan fingerprint density at radius 2 is 1.72 bits per heavy atom. The van der Waals surface area contributed by atoms with Crippen LogP contribution in [0.15, 0.2) is 48.5 Å². The minimum absolute atomic E-state index is 0.157. The summed E-state index contributed by atoms with van der Waals surface area (Å²) in [5, 5.41) is 16.8. The van der Waals surface area contributed by atoms with Crippen LogP contribution < -0.4 is 15.4 Å². The molecule has 0 spiro atoms. The molecule has 3 aromatic rings. The maximum atomic E-state index is 12.4. The van der Waals surface area contributed by atoms with Gasteiger partial charge >= 0.3 is 0 Å². The standard InChI is InChI=1S/C22H24N4O2S/c1-28-19-13-9-15(10-14-19)20(27)23-18-11-7-16(8-12-18)21-25-26-22(29-21)24-17-5-3-2-4-6-17/h7-14,17H,2-6H2,1H3,(H,23,27)(H,24,26). The molecule has 1 saturated carbocycles. The fourth-order valence-electron chi connectivity index (χ4n) is 3.46. The summed E-state index contributed by atoms with van der Waals surface area (Å²) in [5.41, 5.74) is 2.30. The Labute approximate surface area is 174 Å². The van der Waals surface area contributed by atoms with Gasteiger partial charge in [-0.15, -0.1) is 10.2 Å². The SMILES string of the molecule is COc1ccc(C(=O)Nc2ccc(-c3nnc(NC4CCCCC4)s3)cc2)cc1. The van der Waals surface area contributed by atoms with Crippen LogP contribution in [0.1, 0.15) is 42.5 Å². The highest BCUT2D eigenvalue weighted by Crippen LogP contribution is 2.29. The van der Waals surface area contributed by atoms with Crippen molar-refractivity contribution < 1.29 is 9.53 Å². The Balaban J connectivity index is 1.38. The van der Waals surface area contributed by atoms with Gasteiger partial charge in [-0.2, -0.15) is 0 Å². The van der Waals surface area contributed by atoms with E-state index >= 15 is 0 Å². The van der Waals surface area contributed by atoms with Gasteiger partial charge in [0, 0.05) is 22.9 Å². The summed E-state index contributed by atoms with van der Waals surface area (Å²) in [4.78, 5) is 12.4. The zero-order chi connectivity index (χ0) is 20.1. The number of aromatic nitrogens is 2. The van der Waals surface area contributed by atoms with Gasteiger partial charge in [0.1, 0.15) is 10.8 Å². The van der Waals surface area contributed by atoms with E-state index in [1.807, 2.05) is 24.3 Å². The highest BCUT2D eigenvalue weighted by molar-refractivity contribution is 7.18. The number of anilines is 2. The zero-order valence-corrected chi connectivity index (χ0v) is 17.2. The molecule has 4 rings (SSSR count). The number of hydrogen-bond acceptors (Lipinski definition) is 6. The van der Waals surface area contributed by atoms with Crippen LogP contribution in [-0.4, -0.2) is 29.3 Å². The van der Waals surface area contributed by atoms with Gasteiger partial charge < -0.3 is 15.4 Å². The van der Waals surface area contributed by atoms with Crippen molar-refractivity contribution in [2.75, 3.05) is 17.7 Å². The second-order valence-corrected chi connectivity index (χ2v) is 8.13. The third-order valence-corrected chi connectivity index (χ3v) is 6.00. The van der Waals surface area contributed by atoms with Crippen molar-refractivity contribution in [1.29, 1.82) is 0 Å². The maximum absolute atomic E-state index is 12.4. The summed E-state index contributed by atoms with van der Waals surface area (Å²) in [6, 6.07) is 15.2. The van der Waals surface area contributed by atoms with Crippen LogP contribution in [0.25, 0.3) is 10.6 Å². The Morgan fingerprint density at radius 1 is 1.00 bits per heavy atom. The van der Waals surface area contributed by atoms with Crippen LogP contribution in [0.3, 0.4) is 0 Å². The quantitative estimate of drug-likeness (QED) is 0.585. The van der Waals surface area contributed by atoms with Crippen LogP contribution in [-0.2, 0) is 0 Å². The average molecular weight is 409 g/mol. The Morgan fingerprint density at radius 3 is 2.41 bits per heavy atom. The average Bonchev–Trinajstić information content (AvgIpc) is 3.23. The smallest absolute Gasteiger partial charge is 0.255 e. The van der Waals surface area contributed by atoms with E-state index in [0.29, 0.717) is 11.6 Å². The molecule has 0 radical (unpaired) electrons. The lowest BCUT2D eigenvalue weighted by molar-refractivity contribution is 0.102. The Bertz CT molecular complexity index is 948. The monoisotopic (exact) mass is 408 g/mol. The molecule has 2 N–H and O–H groups in total. The fraction of sp³-hybridized carbons (Fsp3) is 0.318. The highest BCUT2D eigenvalue weighted by atomic mass is 32.1. The van der Waals surface area contributed by atoms with E-state index in [-0.39, 0.29) is 5.91 Å². The van der Waals surface area contributed by atoms with Gasteiger partial charge in [0.2, 0.25) is 5.13 Å². The lowest BCUT2D eigenvalue weighted by Crippen LogP contribution is -2.21. The number of ether oxygens (including phenoxy) is 1. The molecule has 0 atom stereocenters. The number of carbonyl (C=O) groups is 1. The zero-order valence-electron chi connectivity index (χ0n) is 16.4. The van der Waals surface area contributed by atoms with Crippen molar-refractivity contribution in [3.63, 3.8) is 0 Å². The highest BCUT2D eigenvalue weighted by Gasteiger charge is 2.15. The molecule has 1 amide bonds. The number of nitrogens with one attached hydrogen (secondary N) is 2. The molecular weight excluding hydrogens is 384 g/mol. The predicted molar refractivity (Wildman–Crippen MR) is 117 cm³/mol. The molecule has 0 unspecified atom stereocenters. The number of rotatable bonds is 6. The van der Waals surface area contributed by atoms with Crippen LogP contribution in [0.5, 0.6) is 5.75 Å². The van der Waals surface area contributed by atoms with Gasteiger partial charge in [0.15, 0.2) is 0 Å². The normalized spacial score (nSPS) is 14.4. The molecule has 1 aliphatic carbocycles. The fourth-order valence-corrected chi connectivity index (χ4v) is 4.29. The Kier molecular flexibility index (Phi) is 6.05. The van der Waals surface area contributed by atoms with Crippen LogP contribution in [0.4, 0.5) is 10.8 Å². The van der Waals surface area contributed by atoms with E-state index < -0.39 is 0 Å². The van der Waals surface area contributed by atoms with Gasteiger partial charge in [0.05, 0.1) is 7.11 Å². The first kappa shape index (κ1) is 19.4. The van der Waals surface area contributed by atoms with Crippen molar-refractivity contribution in [2.24, 2.45) is 0 Å². The number of hydrogen-bond donors (Lipinski definition) is 2. The van der Waals surface area contributed by atoms with Gasteiger partial charge in [-0.1, -0.05) is 30.6 Å². The third kappa shape index (κ3) is 4.92. The summed E-state index contributed by atoms with van der Waals surface area (Å²) in [5.74, 6) is 0.565. The van der Waals surface area contributed by atoms with Crippen LogP contribution >= 0.6 is 11.3 Å². The van der Waals surface area contributed by atoms with Crippen molar-refractivity contribution in [3.05, 3.63) is 54.1 Å². The number of carbonyl (C=O) groups excluding carboxylic acids is 1. The number of nitrogens with zero attached hydrogens (tertiary/aromatic N) is 2. The van der Waals surface area contributed by atoms with Gasteiger partial charge in [-0.3, -0.25) is 4.79 Å². The van der Waals surface area contributed by atoms with Crippen molar-refractivity contribution in [1.82, 2.24) is 10.2 Å². The molecule has 0 bridgehead atoms. The maximum Gasteiger partial charge on any atom is 0.255 e. The Hall–Kier alpha value is -2.93. The first-order valence-electron chi connectivity index (χ1n) is 9.87. The van der Waals surface area contributed by atoms with Crippen molar-refractivity contribution in [3.8, 4) is 16.3 Å². The molecule has 0 aliphatic heterocycles. The predicted octanol–water partition coefficient (Wildman–Crippen LogP) is 5.21. The second kappa shape index (κ2) is 9.05. The van der Waals surface area contributed by atoms with E-state index in [2.05, 4.69) is 20.8 Å². The molecule has 7 heteroatoms.